The van der Waals surface area contributed by atoms with E-state index in [1.165, 1.54) is 7.11 Å². The van der Waals surface area contributed by atoms with Gasteiger partial charge < -0.3 is 20.2 Å². The summed E-state index contributed by atoms with van der Waals surface area (Å²) >= 11 is 0. The summed E-state index contributed by atoms with van der Waals surface area (Å²) in [7, 11) is 1.30. The Morgan fingerprint density at radius 1 is 1.47 bits per heavy atom. The highest BCUT2D eigenvalue weighted by Gasteiger charge is 2.84. The summed E-state index contributed by atoms with van der Waals surface area (Å²) in [6.07, 6.45) is -0.353. The lowest BCUT2D eigenvalue weighted by Gasteiger charge is -2.19. The summed E-state index contributed by atoms with van der Waals surface area (Å²) < 4.78 is 0. The SMILES string of the molecule is CON=C[C@]1(O)C(C)(C)[C@@]1(O)[C@H](O)CN=[N+]=[N-]. The number of hydrogen-bond acceptors (Lipinski definition) is 6. The van der Waals surface area contributed by atoms with E-state index in [0.717, 1.165) is 6.21 Å². The molecule has 8 nitrogen and oxygen atoms in total. The van der Waals surface area contributed by atoms with Gasteiger partial charge in [0.2, 0.25) is 0 Å². The lowest BCUT2D eigenvalue weighted by atomic mass is 10.0. The fourth-order valence-electron chi connectivity index (χ4n) is 2.20. The second-order valence-electron chi connectivity index (χ2n) is 4.50. The quantitative estimate of drug-likeness (QED) is 0.203. The van der Waals surface area contributed by atoms with Gasteiger partial charge in [-0.05, 0) is 5.53 Å². The first-order chi connectivity index (χ1) is 7.79. The average molecular weight is 244 g/mol. The molecule has 17 heavy (non-hydrogen) atoms. The molecule has 0 aromatic rings. The van der Waals surface area contributed by atoms with Crippen LogP contribution in [0.1, 0.15) is 13.8 Å². The third kappa shape index (κ3) is 1.57. The highest BCUT2D eigenvalue weighted by atomic mass is 16.6. The molecule has 0 radical (unpaired) electrons. The van der Waals surface area contributed by atoms with Gasteiger partial charge in [0, 0.05) is 10.3 Å². The Morgan fingerprint density at radius 3 is 2.53 bits per heavy atom. The molecule has 0 unspecified atom stereocenters. The second-order valence-corrected chi connectivity index (χ2v) is 4.50. The number of oxime groups is 1. The van der Waals surface area contributed by atoms with Gasteiger partial charge in [-0.25, -0.2) is 0 Å². The first-order valence-electron chi connectivity index (χ1n) is 5.01. The molecule has 1 rings (SSSR count). The normalized spacial score (nSPS) is 36.4. The molecule has 0 aromatic carbocycles. The lowest BCUT2D eigenvalue weighted by molar-refractivity contribution is -0.0447. The fourth-order valence-corrected chi connectivity index (χ4v) is 2.20. The minimum absolute atomic E-state index is 0.334. The molecule has 96 valence electrons. The maximum atomic E-state index is 10.3. The molecule has 1 aliphatic carbocycles. The Hall–Kier alpha value is -1.34. The predicted molar refractivity (Wildman–Crippen MR) is 59.2 cm³/mol. The summed E-state index contributed by atoms with van der Waals surface area (Å²) in [5.41, 5.74) is 3.59. The van der Waals surface area contributed by atoms with E-state index in [9.17, 15) is 15.3 Å². The Kier molecular flexibility index (Phi) is 3.35. The monoisotopic (exact) mass is 244 g/mol. The van der Waals surface area contributed by atoms with E-state index in [-0.39, 0.29) is 6.54 Å². The van der Waals surface area contributed by atoms with Crippen LogP contribution in [0, 0.1) is 5.41 Å². The van der Waals surface area contributed by atoms with E-state index in [1.807, 2.05) is 0 Å². The van der Waals surface area contributed by atoms with Crippen LogP contribution in [0.2, 0.25) is 0 Å². The smallest absolute Gasteiger partial charge is 0.143 e. The Morgan fingerprint density at radius 2 is 2.06 bits per heavy atom. The van der Waals surface area contributed by atoms with Crippen molar-refractivity contribution in [2.24, 2.45) is 15.7 Å². The van der Waals surface area contributed by atoms with Crippen LogP contribution in [0.15, 0.2) is 10.3 Å². The highest BCUT2D eigenvalue weighted by Crippen LogP contribution is 2.65. The van der Waals surface area contributed by atoms with Crippen LogP contribution in [-0.4, -0.2) is 52.5 Å². The number of nitrogens with zero attached hydrogens (tertiary/aromatic N) is 4. The van der Waals surface area contributed by atoms with Crippen molar-refractivity contribution in [2.75, 3.05) is 13.7 Å². The maximum Gasteiger partial charge on any atom is 0.143 e. The zero-order chi connectivity index (χ0) is 13.3. The Balaban J connectivity index is 2.97. The third-order valence-corrected chi connectivity index (χ3v) is 3.57. The van der Waals surface area contributed by atoms with Gasteiger partial charge in [-0.2, -0.15) is 0 Å². The van der Waals surface area contributed by atoms with Crippen molar-refractivity contribution in [1.82, 2.24) is 0 Å². The molecule has 0 heterocycles. The minimum Gasteiger partial charge on any atom is -0.399 e. The van der Waals surface area contributed by atoms with Crippen LogP contribution in [-0.2, 0) is 4.84 Å². The summed E-state index contributed by atoms with van der Waals surface area (Å²) in [4.78, 5) is 6.93. The van der Waals surface area contributed by atoms with Crippen LogP contribution < -0.4 is 0 Å². The molecule has 1 fully saturated rings. The number of aliphatic hydroxyl groups is 3. The highest BCUT2D eigenvalue weighted by molar-refractivity contribution is 5.79. The molecular formula is C9H16N4O4. The van der Waals surface area contributed by atoms with Gasteiger partial charge in [-0.1, -0.05) is 24.1 Å². The summed E-state index contributed by atoms with van der Waals surface area (Å²) in [5, 5.41) is 36.8. The summed E-state index contributed by atoms with van der Waals surface area (Å²) in [6.45, 7) is 2.79. The van der Waals surface area contributed by atoms with Crippen LogP contribution in [0.3, 0.4) is 0 Å². The van der Waals surface area contributed by atoms with E-state index < -0.39 is 22.7 Å². The summed E-state index contributed by atoms with van der Waals surface area (Å²) in [5.74, 6) is 0. The van der Waals surface area contributed by atoms with Crippen LogP contribution >= 0.6 is 0 Å². The van der Waals surface area contributed by atoms with Crippen molar-refractivity contribution >= 4 is 6.21 Å². The molecule has 0 bridgehead atoms. The van der Waals surface area contributed by atoms with Gasteiger partial charge in [0.15, 0.2) is 0 Å². The maximum absolute atomic E-state index is 10.3. The number of azide groups is 1. The molecule has 0 amide bonds. The van der Waals surface area contributed by atoms with Crippen molar-refractivity contribution < 1.29 is 20.2 Å². The number of rotatable bonds is 5. The van der Waals surface area contributed by atoms with Crippen molar-refractivity contribution in [1.29, 1.82) is 0 Å². The van der Waals surface area contributed by atoms with Crippen molar-refractivity contribution in [3.63, 3.8) is 0 Å². The van der Waals surface area contributed by atoms with E-state index >= 15 is 0 Å². The largest absolute Gasteiger partial charge is 0.399 e. The van der Waals surface area contributed by atoms with Crippen molar-refractivity contribution in [3.05, 3.63) is 10.4 Å². The molecule has 1 saturated carbocycles. The summed E-state index contributed by atoms with van der Waals surface area (Å²) in [6, 6.07) is 0. The molecule has 0 aromatic heterocycles. The van der Waals surface area contributed by atoms with Crippen molar-refractivity contribution in [2.45, 2.75) is 31.2 Å². The number of aliphatic hydroxyl groups excluding tert-OH is 1. The van der Waals surface area contributed by atoms with Gasteiger partial charge >= 0.3 is 0 Å². The van der Waals surface area contributed by atoms with E-state index in [2.05, 4.69) is 20.0 Å². The second kappa shape index (κ2) is 4.15. The van der Waals surface area contributed by atoms with Gasteiger partial charge in [-0.15, -0.1) is 0 Å². The molecular weight excluding hydrogens is 228 g/mol. The standard InChI is InChI=1S/C9H16N4O4/c1-7(2)8(15,5-12-17-3)9(7,16)6(14)4-11-13-10/h5-6,14-16H,4H2,1-3H3/t6-,8+,9+/m1/s1. The Bertz CT molecular complexity index is 379. The van der Waals surface area contributed by atoms with E-state index in [0.29, 0.717) is 0 Å². The Labute approximate surface area is 98.1 Å². The molecule has 3 N–H and O–H groups in total. The van der Waals surface area contributed by atoms with Gasteiger partial charge in [-0.3, -0.25) is 0 Å². The fraction of sp³-hybridized carbons (Fsp3) is 0.889. The molecule has 0 aliphatic heterocycles. The first-order valence-corrected chi connectivity index (χ1v) is 5.01. The van der Waals surface area contributed by atoms with Crippen LogP contribution in [0.5, 0.6) is 0 Å². The van der Waals surface area contributed by atoms with Crippen LogP contribution in [0.4, 0.5) is 0 Å². The van der Waals surface area contributed by atoms with Gasteiger partial charge in [0.1, 0.15) is 18.3 Å². The zero-order valence-corrected chi connectivity index (χ0v) is 9.90. The minimum atomic E-state index is -1.82. The molecule has 1 aliphatic rings. The molecule has 0 spiro atoms. The van der Waals surface area contributed by atoms with E-state index in [1.54, 1.807) is 13.8 Å². The topological polar surface area (TPSA) is 131 Å². The first kappa shape index (κ1) is 13.7. The molecule has 0 saturated heterocycles. The zero-order valence-electron chi connectivity index (χ0n) is 9.90. The molecule has 8 heteroatoms. The average Bonchev–Trinajstić information content (AvgIpc) is 2.64. The predicted octanol–water partition coefficient (Wildman–Crippen LogP) is -0.208. The molecule has 3 atom stereocenters. The third-order valence-electron chi connectivity index (χ3n) is 3.57. The van der Waals surface area contributed by atoms with Crippen LogP contribution in [0.25, 0.3) is 10.4 Å². The van der Waals surface area contributed by atoms with E-state index in [4.69, 9.17) is 5.53 Å². The van der Waals surface area contributed by atoms with Crippen molar-refractivity contribution in [3.8, 4) is 0 Å². The number of hydrogen-bond donors (Lipinski definition) is 3. The van der Waals surface area contributed by atoms with Gasteiger partial charge in [0.05, 0.1) is 18.9 Å². The lowest BCUT2D eigenvalue weighted by Crippen LogP contribution is -2.40. The van der Waals surface area contributed by atoms with Gasteiger partial charge in [0.25, 0.3) is 0 Å².